The molecule has 21 heavy (non-hydrogen) atoms. The summed E-state index contributed by atoms with van der Waals surface area (Å²) in [5, 5.41) is 2.91. The lowest BCUT2D eigenvalue weighted by atomic mass is 10.3. The summed E-state index contributed by atoms with van der Waals surface area (Å²) < 4.78 is 7.10. The van der Waals surface area contributed by atoms with Gasteiger partial charge in [-0.25, -0.2) is 4.98 Å². The molecule has 0 fully saturated rings. The molecule has 0 aliphatic carbocycles. The van der Waals surface area contributed by atoms with Gasteiger partial charge in [-0.05, 0) is 31.2 Å². The molecule has 0 amide bonds. The first-order chi connectivity index (χ1) is 10.2. The standard InChI is InChI=1S/C15H13N3O2S/c1-11-17-12(10-21-11)9-20-14-5-3-7-18(15(14)19)13-4-2-6-16-8-13/h2-8,10H,9H2,1H3. The summed E-state index contributed by atoms with van der Waals surface area (Å²) >= 11 is 1.56. The van der Waals surface area contributed by atoms with Crippen molar-refractivity contribution in [3.05, 3.63) is 69.3 Å². The van der Waals surface area contributed by atoms with Gasteiger partial charge in [-0.15, -0.1) is 11.3 Å². The highest BCUT2D eigenvalue weighted by Crippen LogP contribution is 2.12. The van der Waals surface area contributed by atoms with Gasteiger partial charge in [0, 0.05) is 17.8 Å². The third-order valence-electron chi connectivity index (χ3n) is 2.88. The fraction of sp³-hybridized carbons (Fsp3) is 0.133. The lowest BCUT2D eigenvalue weighted by molar-refractivity contribution is 0.296. The van der Waals surface area contributed by atoms with E-state index in [-0.39, 0.29) is 12.2 Å². The van der Waals surface area contributed by atoms with Gasteiger partial charge in [0.05, 0.1) is 22.6 Å². The normalized spacial score (nSPS) is 10.5. The van der Waals surface area contributed by atoms with E-state index in [2.05, 4.69) is 9.97 Å². The number of ether oxygens (including phenoxy) is 1. The molecule has 0 bridgehead atoms. The van der Waals surface area contributed by atoms with E-state index in [0.717, 1.165) is 10.7 Å². The van der Waals surface area contributed by atoms with Crippen molar-refractivity contribution < 1.29 is 4.74 Å². The first-order valence-corrected chi connectivity index (χ1v) is 7.28. The summed E-state index contributed by atoms with van der Waals surface area (Å²) in [6.45, 7) is 2.22. The zero-order chi connectivity index (χ0) is 14.7. The first kappa shape index (κ1) is 13.5. The molecule has 3 aromatic heterocycles. The Kier molecular flexibility index (Phi) is 3.79. The van der Waals surface area contributed by atoms with Crippen molar-refractivity contribution in [3.63, 3.8) is 0 Å². The molecule has 5 nitrogen and oxygen atoms in total. The predicted molar refractivity (Wildman–Crippen MR) is 81.0 cm³/mol. The largest absolute Gasteiger partial charge is 0.481 e. The van der Waals surface area contributed by atoms with Crippen molar-refractivity contribution in [1.82, 2.24) is 14.5 Å². The smallest absolute Gasteiger partial charge is 0.297 e. The minimum absolute atomic E-state index is 0.211. The van der Waals surface area contributed by atoms with Crippen LogP contribution in [0.2, 0.25) is 0 Å². The first-order valence-electron chi connectivity index (χ1n) is 6.40. The maximum atomic E-state index is 12.4. The Balaban J connectivity index is 1.85. The summed E-state index contributed by atoms with van der Waals surface area (Å²) in [5.74, 6) is 0.298. The number of aromatic nitrogens is 3. The minimum atomic E-state index is -0.211. The molecule has 0 saturated heterocycles. The van der Waals surface area contributed by atoms with E-state index < -0.39 is 0 Å². The zero-order valence-electron chi connectivity index (χ0n) is 11.4. The number of hydrogen-bond donors (Lipinski definition) is 0. The fourth-order valence-electron chi connectivity index (χ4n) is 1.91. The highest BCUT2D eigenvalue weighted by Gasteiger charge is 2.07. The SMILES string of the molecule is Cc1nc(COc2cccn(-c3cccnc3)c2=O)cs1. The van der Waals surface area contributed by atoms with E-state index in [9.17, 15) is 4.79 Å². The Morgan fingerprint density at radius 2 is 2.24 bits per heavy atom. The maximum Gasteiger partial charge on any atom is 0.297 e. The molecule has 3 aromatic rings. The lowest BCUT2D eigenvalue weighted by Crippen LogP contribution is -2.19. The van der Waals surface area contributed by atoms with Crippen molar-refractivity contribution in [3.8, 4) is 11.4 Å². The fourth-order valence-corrected chi connectivity index (χ4v) is 2.51. The molecule has 6 heteroatoms. The maximum absolute atomic E-state index is 12.4. The van der Waals surface area contributed by atoms with Gasteiger partial charge >= 0.3 is 0 Å². The molecule has 3 rings (SSSR count). The van der Waals surface area contributed by atoms with Gasteiger partial charge in [0.25, 0.3) is 5.56 Å². The predicted octanol–water partition coefficient (Wildman–Crippen LogP) is 2.58. The third kappa shape index (κ3) is 3.00. The highest BCUT2D eigenvalue weighted by molar-refractivity contribution is 7.09. The molecule has 0 unspecified atom stereocenters. The Bertz CT molecular complexity index is 796. The molecule has 0 aliphatic heterocycles. The molecule has 0 spiro atoms. The number of thiazole rings is 1. The zero-order valence-corrected chi connectivity index (χ0v) is 12.2. The quantitative estimate of drug-likeness (QED) is 0.743. The van der Waals surface area contributed by atoms with E-state index in [4.69, 9.17) is 4.74 Å². The monoisotopic (exact) mass is 299 g/mol. The Labute approximate surface area is 125 Å². The van der Waals surface area contributed by atoms with Crippen molar-refractivity contribution in [1.29, 1.82) is 0 Å². The van der Waals surface area contributed by atoms with Crippen LogP contribution in [0.5, 0.6) is 5.75 Å². The molecule has 0 aromatic carbocycles. The molecular weight excluding hydrogens is 286 g/mol. The van der Waals surface area contributed by atoms with Crippen molar-refractivity contribution in [2.45, 2.75) is 13.5 Å². The van der Waals surface area contributed by atoms with Gasteiger partial charge in [0.15, 0.2) is 5.75 Å². The number of aryl methyl sites for hydroxylation is 1. The second-order valence-corrected chi connectivity index (χ2v) is 5.47. The minimum Gasteiger partial charge on any atom is -0.481 e. The van der Waals surface area contributed by atoms with Crippen molar-refractivity contribution in [2.24, 2.45) is 0 Å². The van der Waals surface area contributed by atoms with E-state index in [1.54, 1.807) is 48.1 Å². The van der Waals surface area contributed by atoms with E-state index in [0.29, 0.717) is 11.4 Å². The van der Waals surface area contributed by atoms with Gasteiger partial charge in [0.2, 0.25) is 0 Å². The van der Waals surface area contributed by atoms with Gasteiger partial charge < -0.3 is 4.74 Å². The second kappa shape index (κ2) is 5.88. The van der Waals surface area contributed by atoms with E-state index in [1.165, 1.54) is 4.57 Å². The van der Waals surface area contributed by atoms with Gasteiger partial charge in [-0.3, -0.25) is 14.3 Å². The summed E-state index contributed by atoms with van der Waals surface area (Å²) in [7, 11) is 0. The number of nitrogens with zero attached hydrogens (tertiary/aromatic N) is 3. The molecular formula is C15H13N3O2S. The number of pyridine rings is 2. The molecule has 106 valence electrons. The summed E-state index contributed by atoms with van der Waals surface area (Å²) in [5.41, 5.74) is 1.32. The number of rotatable bonds is 4. The average molecular weight is 299 g/mol. The lowest BCUT2D eigenvalue weighted by Gasteiger charge is -2.08. The van der Waals surface area contributed by atoms with E-state index in [1.807, 2.05) is 18.4 Å². The Morgan fingerprint density at radius 3 is 2.95 bits per heavy atom. The molecule has 0 radical (unpaired) electrons. The molecule has 3 heterocycles. The molecule has 0 atom stereocenters. The molecule has 0 saturated carbocycles. The van der Waals surface area contributed by atoms with Crippen LogP contribution in [0.1, 0.15) is 10.7 Å². The highest BCUT2D eigenvalue weighted by atomic mass is 32.1. The van der Waals surface area contributed by atoms with Crippen LogP contribution in [0.3, 0.4) is 0 Å². The number of hydrogen-bond acceptors (Lipinski definition) is 5. The Morgan fingerprint density at radius 1 is 1.33 bits per heavy atom. The van der Waals surface area contributed by atoms with Crippen LogP contribution < -0.4 is 10.3 Å². The molecule has 0 N–H and O–H groups in total. The third-order valence-corrected chi connectivity index (χ3v) is 3.70. The average Bonchev–Trinajstić information content (AvgIpc) is 2.93. The van der Waals surface area contributed by atoms with Crippen LogP contribution in [0, 0.1) is 6.92 Å². The summed E-state index contributed by atoms with van der Waals surface area (Å²) in [6, 6.07) is 7.04. The summed E-state index contributed by atoms with van der Waals surface area (Å²) in [4.78, 5) is 20.7. The van der Waals surface area contributed by atoms with Crippen LogP contribution in [-0.4, -0.2) is 14.5 Å². The van der Waals surface area contributed by atoms with Gasteiger partial charge in [-0.2, -0.15) is 0 Å². The van der Waals surface area contributed by atoms with Crippen molar-refractivity contribution in [2.75, 3.05) is 0 Å². The molecule has 0 aliphatic rings. The van der Waals surface area contributed by atoms with E-state index >= 15 is 0 Å². The van der Waals surface area contributed by atoms with Crippen LogP contribution in [0.25, 0.3) is 5.69 Å². The second-order valence-electron chi connectivity index (χ2n) is 4.41. The van der Waals surface area contributed by atoms with Crippen LogP contribution in [0.4, 0.5) is 0 Å². The summed E-state index contributed by atoms with van der Waals surface area (Å²) in [6.07, 6.45) is 4.99. The van der Waals surface area contributed by atoms with Crippen molar-refractivity contribution >= 4 is 11.3 Å². The topological polar surface area (TPSA) is 57.0 Å². The van der Waals surface area contributed by atoms with Crippen LogP contribution >= 0.6 is 11.3 Å². The van der Waals surface area contributed by atoms with Crippen LogP contribution in [0.15, 0.2) is 53.0 Å². The van der Waals surface area contributed by atoms with Gasteiger partial charge in [0.1, 0.15) is 6.61 Å². The Hall–Kier alpha value is -2.47. The van der Waals surface area contributed by atoms with Gasteiger partial charge in [-0.1, -0.05) is 0 Å². The van der Waals surface area contributed by atoms with Crippen LogP contribution in [-0.2, 0) is 6.61 Å².